The van der Waals surface area contributed by atoms with Gasteiger partial charge in [0, 0.05) is 13.1 Å². The van der Waals surface area contributed by atoms with Crippen molar-refractivity contribution >= 4 is 27.6 Å². The van der Waals surface area contributed by atoms with Gasteiger partial charge in [0.2, 0.25) is 10.0 Å². The molecule has 1 aromatic carbocycles. The van der Waals surface area contributed by atoms with Gasteiger partial charge >= 0.3 is 5.97 Å². The van der Waals surface area contributed by atoms with Crippen LogP contribution < -0.4 is 9.62 Å². The number of hydrogen-bond acceptors (Lipinski definition) is 5. The Kier molecular flexibility index (Phi) is 8.49. The van der Waals surface area contributed by atoms with E-state index in [0.29, 0.717) is 43.1 Å². The molecule has 1 amide bonds. The Morgan fingerprint density at radius 1 is 1.28 bits per heavy atom. The number of unbranched alkanes of at least 4 members (excludes halogenated alkanes) is 1. The Balaban J connectivity index is 1.90. The van der Waals surface area contributed by atoms with Crippen LogP contribution in [-0.4, -0.2) is 46.2 Å². The third-order valence-electron chi connectivity index (χ3n) is 5.26. The molecule has 29 heavy (non-hydrogen) atoms. The molecule has 0 fully saturated rings. The summed E-state index contributed by atoms with van der Waals surface area (Å²) in [5.41, 5.74) is 1.72. The largest absolute Gasteiger partial charge is 0.452 e. The molecule has 1 aliphatic rings. The summed E-state index contributed by atoms with van der Waals surface area (Å²) < 4.78 is 30.3. The Bertz CT molecular complexity index is 822. The van der Waals surface area contributed by atoms with Gasteiger partial charge < -0.3 is 10.1 Å². The first kappa shape index (κ1) is 23.2. The summed E-state index contributed by atoms with van der Waals surface area (Å²) in [5, 5.41) is 2.83. The molecule has 0 radical (unpaired) electrons. The van der Waals surface area contributed by atoms with Crippen LogP contribution in [0.3, 0.4) is 0 Å². The summed E-state index contributed by atoms with van der Waals surface area (Å²) >= 11 is 0. The molecule has 1 heterocycles. The smallest absolute Gasteiger partial charge is 0.338 e. The molecular formula is C21H32N2O5S. The lowest BCUT2D eigenvalue weighted by atomic mass is 9.99. The highest BCUT2D eigenvalue weighted by Gasteiger charge is 2.25. The van der Waals surface area contributed by atoms with Gasteiger partial charge in [-0.05, 0) is 48.9 Å². The van der Waals surface area contributed by atoms with Crippen molar-refractivity contribution < 1.29 is 22.7 Å². The van der Waals surface area contributed by atoms with Gasteiger partial charge in [-0.1, -0.05) is 33.1 Å². The van der Waals surface area contributed by atoms with Crippen LogP contribution in [0, 0.1) is 5.92 Å². The van der Waals surface area contributed by atoms with E-state index in [-0.39, 0.29) is 12.5 Å². The minimum Gasteiger partial charge on any atom is -0.452 e. The Labute approximate surface area is 173 Å². The number of sulfonamides is 1. The molecule has 2 rings (SSSR count). The zero-order valence-corrected chi connectivity index (χ0v) is 18.4. The summed E-state index contributed by atoms with van der Waals surface area (Å²) in [6.45, 7) is 4.95. The number of esters is 1. The number of ether oxygens (including phenoxy) is 1. The number of aryl methyl sites for hydroxylation is 1. The minimum absolute atomic E-state index is 0.311. The van der Waals surface area contributed by atoms with Gasteiger partial charge in [-0.25, -0.2) is 13.2 Å². The van der Waals surface area contributed by atoms with Gasteiger partial charge in [0.05, 0.1) is 17.5 Å². The molecule has 1 aromatic rings. The topological polar surface area (TPSA) is 92.8 Å². The van der Waals surface area contributed by atoms with Crippen LogP contribution in [0.4, 0.5) is 5.69 Å². The van der Waals surface area contributed by atoms with E-state index in [0.717, 1.165) is 31.2 Å². The fourth-order valence-corrected chi connectivity index (χ4v) is 4.50. The number of amides is 1. The summed E-state index contributed by atoms with van der Waals surface area (Å²) in [7, 11) is -3.35. The monoisotopic (exact) mass is 424 g/mol. The third-order valence-corrected chi connectivity index (χ3v) is 6.44. The molecule has 1 N–H and O–H groups in total. The lowest BCUT2D eigenvalue weighted by molar-refractivity contribution is -0.124. The molecule has 0 saturated carbocycles. The van der Waals surface area contributed by atoms with Crippen molar-refractivity contribution in [2.75, 3.05) is 30.3 Å². The minimum atomic E-state index is -3.35. The fraction of sp³-hybridized carbons (Fsp3) is 0.619. The van der Waals surface area contributed by atoms with Crippen LogP contribution in [0.5, 0.6) is 0 Å². The summed E-state index contributed by atoms with van der Waals surface area (Å²) in [5.74, 6) is -0.458. The van der Waals surface area contributed by atoms with Gasteiger partial charge in [0.1, 0.15) is 0 Å². The molecule has 0 aromatic heterocycles. The number of benzene rings is 1. The average molecular weight is 425 g/mol. The van der Waals surface area contributed by atoms with Crippen molar-refractivity contribution in [1.82, 2.24) is 5.32 Å². The fourth-order valence-electron chi connectivity index (χ4n) is 3.50. The first-order chi connectivity index (χ1) is 13.8. The van der Waals surface area contributed by atoms with Crippen molar-refractivity contribution in [3.63, 3.8) is 0 Å². The van der Waals surface area contributed by atoms with Crippen LogP contribution in [0.1, 0.15) is 61.9 Å². The van der Waals surface area contributed by atoms with E-state index in [2.05, 4.69) is 19.2 Å². The molecule has 0 bridgehead atoms. The lowest BCUT2D eigenvalue weighted by Crippen LogP contribution is -2.34. The van der Waals surface area contributed by atoms with Crippen LogP contribution in [0.2, 0.25) is 0 Å². The normalized spacial score (nSPS) is 14.8. The molecular weight excluding hydrogens is 392 g/mol. The third kappa shape index (κ3) is 6.73. The molecule has 8 heteroatoms. The van der Waals surface area contributed by atoms with Gasteiger partial charge in [-0.15, -0.1) is 0 Å². The predicted molar refractivity (Wildman–Crippen MR) is 114 cm³/mol. The first-order valence-electron chi connectivity index (χ1n) is 10.3. The number of nitrogens with zero attached hydrogens (tertiary/aromatic N) is 1. The second-order valence-corrected chi connectivity index (χ2v) is 9.49. The summed E-state index contributed by atoms with van der Waals surface area (Å²) in [6.07, 6.45) is 6.90. The molecule has 0 spiro atoms. The maximum Gasteiger partial charge on any atom is 0.338 e. The number of hydrogen-bond donors (Lipinski definition) is 1. The van der Waals surface area contributed by atoms with Crippen molar-refractivity contribution in [3.8, 4) is 0 Å². The van der Waals surface area contributed by atoms with Crippen molar-refractivity contribution in [2.45, 2.75) is 52.4 Å². The van der Waals surface area contributed by atoms with Crippen LogP contribution in [-0.2, 0) is 26.0 Å². The number of carbonyl (C=O) groups is 2. The molecule has 1 aliphatic heterocycles. The summed E-state index contributed by atoms with van der Waals surface area (Å²) in [6, 6.07) is 4.83. The Morgan fingerprint density at radius 2 is 2.03 bits per heavy atom. The SMILES string of the molecule is CCCC[C@H](CC)CNC(=O)COC(=O)c1ccc2c(c1)CCCN2S(C)(=O)=O. The highest BCUT2D eigenvalue weighted by Crippen LogP contribution is 2.30. The first-order valence-corrected chi connectivity index (χ1v) is 12.2. The van der Waals surface area contributed by atoms with E-state index >= 15 is 0 Å². The van der Waals surface area contributed by atoms with Gasteiger partial charge in [0.25, 0.3) is 5.91 Å². The molecule has 1 atom stereocenters. The molecule has 162 valence electrons. The van der Waals surface area contributed by atoms with Crippen LogP contribution in [0.15, 0.2) is 18.2 Å². The van der Waals surface area contributed by atoms with E-state index in [4.69, 9.17) is 4.74 Å². The number of carbonyl (C=O) groups excluding carboxylic acids is 2. The van der Waals surface area contributed by atoms with Crippen molar-refractivity contribution in [1.29, 1.82) is 0 Å². The van der Waals surface area contributed by atoms with Crippen molar-refractivity contribution in [2.24, 2.45) is 5.92 Å². The summed E-state index contributed by atoms with van der Waals surface area (Å²) in [4.78, 5) is 24.3. The lowest BCUT2D eigenvalue weighted by Gasteiger charge is -2.29. The van der Waals surface area contributed by atoms with E-state index in [1.54, 1.807) is 18.2 Å². The van der Waals surface area contributed by atoms with E-state index in [1.807, 2.05) is 0 Å². The quantitative estimate of drug-likeness (QED) is 0.583. The number of anilines is 1. The molecule has 0 saturated heterocycles. The number of rotatable bonds is 10. The Hall–Kier alpha value is -2.09. The highest BCUT2D eigenvalue weighted by molar-refractivity contribution is 7.92. The zero-order chi connectivity index (χ0) is 21.4. The average Bonchev–Trinajstić information content (AvgIpc) is 2.70. The standard InChI is InChI=1S/C21H32N2O5S/c1-4-6-8-16(5-2)14-22-20(24)15-28-21(25)18-10-11-19-17(13-18)9-7-12-23(19)29(3,26)27/h10-11,13,16H,4-9,12,14-15H2,1-3H3,(H,22,24)/t16-/m0/s1. The van der Waals surface area contributed by atoms with Crippen LogP contribution in [0.25, 0.3) is 0 Å². The molecule has 0 unspecified atom stereocenters. The van der Waals surface area contributed by atoms with Gasteiger partial charge in [-0.3, -0.25) is 9.10 Å². The number of nitrogens with one attached hydrogen (secondary N) is 1. The van der Waals surface area contributed by atoms with E-state index in [1.165, 1.54) is 10.6 Å². The van der Waals surface area contributed by atoms with E-state index in [9.17, 15) is 18.0 Å². The highest BCUT2D eigenvalue weighted by atomic mass is 32.2. The molecule has 0 aliphatic carbocycles. The maximum absolute atomic E-state index is 12.3. The van der Waals surface area contributed by atoms with Gasteiger partial charge in [-0.2, -0.15) is 0 Å². The van der Waals surface area contributed by atoms with Crippen LogP contribution >= 0.6 is 0 Å². The number of fused-ring (bicyclic) bond motifs is 1. The Morgan fingerprint density at radius 3 is 2.69 bits per heavy atom. The molecule has 7 nitrogen and oxygen atoms in total. The predicted octanol–water partition coefficient (Wildman–Crippen LogP) is 2.89. The van der Waals surface area contributed by atoms with E-state index < -0.39 is 16.0 Å². The van der Waals surface area contributed by atoms with Gasteiger partial charge in [0.15, 0.2) is 6.61 Å². The zero-order valence-electron chi connectivity index (χ0n) is 17.6. The van der Waals surface area contributed by atoms with Crippen molar-refractivity contribution in [3.05, 3.63) is 29.3 Å². The maximum atomic E-state index is 12.3. The second kappa shape index (κ2) is 10.6. The second-order valence-electron chi connectivity index (χ2n) is 7.58.